The number of anilines is 1. The number of thiophene rings is 1. The number of nitrogens with one attached hydrogen (secondary N) is 1. The van der Waals surface area contributed by atoms with Crippen LogP contribution in [0.15, 0.2) is 36.0 Å². The van der Waals surface area contributed by atoms with Gasteiger partial charge in [-0.1, -0.05) is 6.07 Å². The number of hydrogen-bond donors (Lipinski definition) is 1. The molecule has 5 heteroatoms. The van der Waals surface area contributed by atoms with E-state index in [1.54, 1.807) is 17.7 Å². The number of pyridine rings is 1. The van der Waals surface area contributed by atoms with Crippen LogP contribution in [0.3, 0.4) is 0 Å². The van der Waals surface area contributed by atoms with Crippen LogP contribution in [0.4, 0.5) is 5.82 Å². The predicted molar refractivity (Wildman–Crippen MR) is 73.7 cm³/mol. The summed E-state index contributed by atoms with van der Waals surface area (Å²) in [5.41, 5.74) is 3.02. The molecule has 3 heterocycles. The van der Waals surface area contributed by atoms with Crippen molar-refractivity contribution in [2.45, 2.75) is 13.5 Å². The number of aromatic nitrogens is 3. The minimum atomic E-state index is 0.672. The molecule has 0 atom stereocenters. The molecule has 0 saturated carbocycles. The monoisotopic (exact) mass is 256 g/mol. The molecule has 3 aromatic heterocycles. The normalized spacial score (nSPS) is 10.7. The standard InChI is InChI=1S/C13H12N4S/c1-9-3-2-4-10(17-9)7-14-13-12-11(5-6-18-12)15-8-16-13/h2-6,8H,7H2,1H3,(H,14,15,16). The Morgan fingerprint density at radius 3 is 3.06 bits per heavy atom. The molecule has 18 heavy (non-hydrogen) atoms. The topological polar surface area (TPSA) is 50.7 Å². The Bertz CT molecular complexity index is 677. The van der Waals surface area contributed by atoms with Crippen molar-refractivity contribution in [3.63, 3.8) is 0 Å². The lowest BCUT2D eigenvalue weighted by Crippen LogP contribution is -2.03. The summed E-state index contributed by atoms with van der Waals surface area (Å²) in [5.74, 6) is 0.873. The van der Waals surface area contributed by atoms with Crippen molar-refractivity contribution in [2.75, 3.05) is 5.32 Å². The van der Waals surface area contributed by atoms with Crippen LogP contribution in [0.25, 0.3) is 10.2 Å². The van der Waals surface area contributed by atoms with Gasteiger partial charge in [0.15, 0.2) is 0 Å². The van der Waals surface area contributed by atoms with Crippen molar-refractivity contribution in [3.05, 3.63) is 47.4 Å². The van der Waals surface area contributed by atoms with E-state index < -0.39 is 0 Å². The number of hydrogen-bond acceptors (Lipinski definition) is 5. The zero-order valence-corrected chi connectivity index (χ0v) is 10.7. The maximum atomic E-state index is 4.45. The van der Waals surface area contributed by atoms with Gasteiger partial charge in [-0.2, -0.15) is 0 Å². The van der Waals surface area contributed by atoms with Gasteiger partial charge in [0.05, 0.1) is 22.5 Å². The van der Waals surface area contributed by atoms with Crippen LogP contribution in [0.1, 0.15) is 11.4 Å². The van der Waals surface area contributed by atoms with Crippen LogP contribution in [-0.4, -0.2) is 15.0 Å². The van der Waals surface area contributed by atoms with Crippen LogP contribution in [0, 0.1) is 6.92 Å². The van der Waals surface area contributed by atoms with Gasteiger partial charge in [0.25, 0.3) is 0 Å². The summed E-state index contributed by atoms with van der Waals surface area (Å²) < 4.78 is 1.09. The van der Waals surface area contributed by atoms with Gasteiger partial charge in [-0.25, -0.2) is 9.97 Å². The van der Waals surface area contributed by atoms with Gasteiger partial charge in [0.1, 0.15) is 12.1 Å². The van der Waals surface area contributed by atoms with E-state index in [1.807, 2.05) is 36.6 Å². The van der Waals surface area contributed by atoms with E-state index in [2.05, 4.69) is 20.3 Å². The van der Waals surface area contributed by atoms with Crippen LogP contribution in [-0.2, 0) is 6.54 Å². The largest absolute Gasteiger partial charge is 0.363 e. The van der Waals surface area contributed by atoms with Gasteiger partial charge in [0, 0.05) is 5.69 Å². The third-order valence-corrected chi connectivity index (χ3v) is 3.54. The molecule has 0 unspecified atom stereocenters. The Morgan fingerprint density at radius 2 is 2.17 bits per heavy atom. The van der Waals surface area contributed by atoms with Gasteiger partial charge in [-0.05, 0) is 30.5 Å². The molecule has 90 valence electrons. The highest BCUT2D eigenvalue weighted by atomic mass is 32.1. The average molecular weight is 256 g/mol. The first-order valence-corrected chi connectivity index (χ1v) is 6.55. The molecule has 0 fully saturated rings. The summed E-state index contributed by atoms with van der Waals surface area (Å²) in [6.45, 7) is 2.66. The first kappa shape index (κ1) is 11.1. The van der Waals surface area contributed by atoms with E-state index in [1.165, 1.54) is 0 Å². The van der Waals surface area contributed by atoms with Gasteiger partial charge in [0.2, 0.25) is 0 Å². The van der Waals surface area contributed by atoms with Gasteiger partial charge < -0.3 is 5.32 Å². The zero-order chi connectivity index (χ0) is 12.4. The van der Waals surface area contributed by atoms with Crippen molar-refractivity contribution in [2.24, 2.45) is 0 Å². The van der Waals surface area contributed by atoms with Crippen molar-refractivity contribution < 1.29 is 0 Å². The van der Waals surface area contributed by atoms with Crippen molar-refractivity contribution >= 4 is 27.4 Å². The fourth-order valence-corrected chi connectivity index (χ4v) is 2.60. The molecule has 0 radical (unpaired) electrons. The third kappa shape index (κ3) is 2.17. The molecule has 0 amide bonds. The van der Waals surface area contributed by atoms with E-state index in [9.17, 15) is 0 Å². The highest BCUT2D eigenvalue weighted by molar-refractivity contribution is 7.17. The van der Waals surface area contributed by atoms with Crippen LogP contribution >= 0.6 is 11.3 Å². The number of nitrogens with zero attached hydrogens (tertiary/aromatic N) is 3. The molecule has 0 aliphatic carbocycles. The summed E-state index contributed by atoms with van der Waals surface area (Å²) in [4.78, 5) is 12.9. The molecule has 1 N–H and O–H groups in total. The first-order chi connectivity index (χ1) is 8.83. The first-order valence-electron chi connectivity index (χ1n) is 5.67. The Morgan fingerprint density at radius 1 is 1.22 bits per heavy atom. The Balaban J connectivity index is 1.83. The summed E-state index contributed by atoms with van der Waals surface area (Å²) in [7, 11) is 0. The van der Waals surface area contributed by atoms with E-state index in [0.717, 1.165) is 27.4 Å². The lowest BCUT2D eigenvalue weighted by atomic mass is 10.3. The minimum absolute atomic E-state index is 0.672. The number of fused-ring (bicyclic) bond motifs is 1. The SMILES string of the molecule is Cc1cccc(CNc2ncnc3ccsc23)n1. The van der Waals surface area contributed by atoms with E-state index in [4.69, 9.17) is 0 Å². The molecular weight excluding hydrogens is 244 g/mol. The quantitative estimate of drug-likeness (QED) is 0.782. The summed E-state index contributed by atoms with van der Waals surface area (Å²) >= 11 is 1.64. The summed E-state index contributed by atoms with van der Waals surface area (Å²) in [6, 6.07) is 8.01. The second-order valence-corrected chi connectivity index (χ2v) is 4.90. The fraction of sp³-hybridized carbons (Fsp3) is 0.154. The third-order valence-electron chi connectivity index (χ3n) is 2.63. The summed E-state index contributed by atoms with van der Waals surface area (Å²) in [5, 5.41) is 5.34. The molecule has 0 aliphatic rings. The predicted octanol–water partition coefficient (Wildman–Crippen LogP) is 3.01. The van der Waals surface area contributed by atoms with Gasteiger partial charge >= 0.3 is 0 Å². The lowest BCUT2D eigenvalue weighted by Gasteiger charge is -2.06. The Hall–Kier alpha value is -2.01. The zero-order valence-electron chi connectivity index (χ0n) is 9.92. The van der Waals surface area contributed by atoms with E-state index in [0.29, 0.717) is 6.54 Å². The van der Waals surface area contributed by atoms with Crippen LogP contribution < -0.4 is 5.32 Å². The van der Waals surface area contributed by atoms with Crippen LogP contribution in [0.2, 0.25) is 0 Å². The smallest absolute Gasteiger partial charge is 0.147 e. The fourth-order valence-electron chi connectivity index (χ4n) is 1.79. The molecule has 0 spiro atoms. The lowest BCUT2D eigenvalue weighted by molar-refractivity contribution is 1.00. The number of rotatable bonds is 3. The molecule has 0 saturated heterocycles. The second kappa shape index (κ2) is 4.70. The molecule has 3 aromatic rings. The molecule has 0 aromatic carbocycles. The van der Waals surface area contributed by atoms with Gasteiger partial charge in [-0.3, -0.25) is 4.98 Å². The molecule has 0 aliphatic heterocycles. The van der Waals surface area contributed by atoms with Crippen molar-refractivity contribution in [3.8, 4) is 0 Å². The maximum absolute atomic E-state index is 4.45. The average Bonchev–Trinajstić information content (AvgIpc) is 2.85. The summed E-state index contributed by atoms with van der Waals surface area (Å²) in [6.07, 6.45) is 1.58. The van der Waals surface area contributed by atoms with Crippen molar-refractivity contribution in [1.29, 1.82) is 0 Å². The minimum Gasteiger partial charge on any atom is -0.363 e. The number of aryl methyl sites for hydroxylation is 1. The molecule has 4 nitrogen and oxygen atoms in total. The molecule has 3 rings (SSSR count). The van der Waals surface area contributed by atoms with E-state index >= 15 is 0 Å². The highest BCUT2D eigenvalue weighted by Gasteiger charge is 2.04. The van der Waals surface area contributed by atoms with E-state index in [-0.39, 0.29) is 0 Å². The molecule has 0 bridgehead atoms. The highest BCUT2D eigenvalue weighted by Crippen LogP contribution is 2.24. The maximum Gasteiger partial charge on any atom is 0.147 e. The Kier molecular flexibility index (Phi) is 2.90. The van der Waals surface area contributed by atoms with Crippen molar-refractivity contribution in [1.82, 2.24) is 15.0 Å². The second-order valence-electron chi connectivity index (χ2n) is 3.98. The Labute approximate surface area is 109 Å². The van der Waals surface area contributed by atoms with Gasteiger partial charge in [-0.15, -0.1) is 11.3 Å². The molecular formula is C13H12N4S. The van der Waals surface area contributed by atoms with Crippen LogP contribution in [0.5, 0.6) is 0 Å².